The van der Waals surface area contributed by atoms with Crippen LogP contribution in [0, 0.1) is 11.2 Å². The van der Waals surface area contributed by atoms with E-state index >= 15 is 0 Å². The van der Waals surface area contributed by atoms with Crippen molar-refractivity contribution in [3.05, 3.63) is 83.4 Å². The highest BCUT2D eigenvalue weighted by atomic mass is 32.1. The molecule has 0 saturated heterocycles. The first-order valence-corrected chi connectivity index (χ1v) is 13.5. The van der Waals surface area contributed by atoms with Crippen molar-refractivity contribution in [2.45, 2.75) is 53.5 Å². The zero-order valence-corrected chi connectivity index (χ0v) is 23.0. The normalized spacial score (nSPS) is 11.5. The van der Waals surface area contributed by atoms with Gasteiger partial charge in [0.1, 0.15) is 10.8 Å². The average molecular weight is 534 g/mol. The molecule has 1 amide bonds. The first-order valence-electron chi connectivity index (χ1n) is 12.7. The summed E-state index contributed by atoms with van der Waals surface area (Å²) in [5, 5.41) is 14.0. The molecule has 38 heavy (non-hydrogen) atoms. The van der Waals surface area contributed by atoms with Crippen LogP contribution < -0.4 is 4.90 Å². The summed E-state index contributed by atoms with van der Waals surface area (Å²) in [7, 11) is 0. The van der Waals surface area contributed by atoms with E-state index < -0.39 is 11.7 Å². The number of halogens is 1. The monoisotopic (exact) mass is 533 g/mol. The number of anilines is 1. The van der Waals surface area contributed by atoms with Gasteiger partial charge in [-0.3, -0.25) is 19.2 Å². The van der Waals surface area contributed by atoms with Crippen molar-refractivity contribution in [3.8, 4) is 10.6 Å². The molecule has 2 aromatic carbocycles. The van der Waals surface area contributed by atoms with Gasteiger partial charge in [-0.1, -0.05) is 81.9 Å². The van der Waals surface area contributed by atoms with Crippen LogP contribution in [-0.4, -0.2) is 38.2 Å². The van der Waals surface area contributed by atoms with E-state index in [2.05, 4.69) is 15.3 Å². The van der Waals surface area contributed by atoms with Crippen LogP contribution in [0.15, 0.2) is 60.9 Å². The standard InChI is InChI=1S/C29H32FN5O2S/c1-5-6-15-35(27(37)23-9-7-8-10-24(23)30)28-33-32-26(38-28)21-13-11-20(12-14-21)18-34-19-22(17-31-34)25(36)16-29(2,3)4/h7-14,17,19H,5-6,15-16,18H2,1-4H3. The fourth-order valence-electron chi connectivity index (χ4n) is 3.94. The third-order valence-electron chi connectivity index (χ3n) is 5.92. The Bertz CT molecular complexity index is 1400. The van der Waals surface area contributed by atoms with Gasteiger partial charge in [0.2, 0.25) is 5.13 Å². The van der Waals surface area contributed by atoms with E-state index in [1.807, 2.05) is 52.0 Å². The summed E-state index contributed by atoms with van der Waals surface area (Å²) in [5.41, 5.74) is 2.46. The zero-order valence-electron chi connectivity index (χ0n) is 22.1. The number of nitrogens with zero attached hydrogens (tertiary/aromatic N) is 5. The van der Waals surface area contributed by atoms with Gasteiger partial charge in [0.05, 0.1) is 23.9 Å². The molecule has 0 aliphatic rings. The summed E-state index contributed by atoms with van der Waals surface area (Å²) in [6.07, 6.45) is 5.53. The van der Waals surface area contributed by atoms with Crippen LogP contribution in [-0.2, 0) is 6.54 Å². The van der Waals surface area contributed by atoms with Gasteiger partial charge >= 0.3 is 0 Å². The summed E-state index contributed by atoms with van der Waals surface area (Å²) in [6, 6.07) is 13.8. The number of carbonyl (C=O) groups excluding carboxylic acids is 2. The van der Waals surface area contributed by atoms with E-state index in [-0.39, 0.29) is 16.8 Å². The first-order chi connectivity index (χ1) is 18.1. The fraction of sp³-hybridized carbons (Fsp3) is 0.345. The molecule has 0 radical (unpaired) electrons. The number of aromatic nitrogens is 4. The van der Waals surface area contributed by atoms with Crippen molar-refractivity contribution in [2.24, 2.45) is 5.41 Å². The van der Waals surface area contributed by atoms with Gasteiger partial charge in [-0.2, -0.15) is 5.10 Å². The Balaban J connectivity index is 1.47. The summed E-state index contributed by atoms with van der Waals surface area (Å²) in [6.45, 7) is 9.13. The molecular weight excluding hydrogens is 501 g/mol. The number of rotatable bonds is 10. The Morgan fingerprint density at radius 1 is 1.05 bits per heavy atom. The van der Waals surface area contributed by atoms with E-state index in [1.54, 1.807) is 29.2 Å². The highest BCUT2D eigenvalue weighted by Gasteiger charge is 2.24. The molecule has 2 heterocycles. The Morgan fingerprint density at radius 2 is 1.79 bits per heavy atom. The van der Waals surface area contributed by atoms with Gasteiger partial charge in [0.15, 0.2) is 5.78 Å². The van der Waals surface area contributed by atoms with Crippen molar-refractivity contribution >= 4 is 28.2 Å². The van der Waals surface area contributed by atoms with Gasteiger partial charge < -0.3 is 0 Å². The van der Waals surface area contributed by atoms with Gasteiger partial charge in [-0.15, -0.1) is 10.2 Å². The van der Waals surface area contributed by atoms with Crippen LogP contribution in [0.25, 0.3) is 10.6 Å². The lowest BCUT2D eigenvalue weighted by Gasteiger charge is -2.19. The summed E-state index contributed by atoms with van der Waals surface area (Å²) in [5.74, 6) is -0.885. The number of hydrogen-bond donors (Lipinski definition) is 0. The second-order valence-corrected chi connectivity index (χ2v) is 11.4. The minimum absolute atomic E-state index is 0.0200. The number of carbonyl (C=O) groups is 2. The lowest BCUT2D eigenvalue weighted by molar-refractivity contribution is 0.0938. The van der Waals surface area contributed by atoms with Crippen LogP contribution in [0.1, 0.15) is 73.2 Å². The topological polar surface area (TPSA) is 81.0 Å². The molecule has 0 bridgehead atoms. The molecule has 4 rings (SSSR count). The summed E-state index contributed by atoms with van der Waals surface area (Å²) in [4.78, 5) is 27.1. The highest BCUT2D eigenvalue weighted by Crippen LogP contribution is 2.30. The minimum atomic E-state index is -0.554. The maximum Gasteiger partial charge on any atom is 0.263 e. The first kappa shape index (κ1) is 27.3. The molecule has 0 atom stereocenters. The molecule has 0 aliphatic heterocycles. The molecule has 9 heteroatoms. The maximum absolute atomic E-state index is 14.3. The summed E-state index contributed by atoms with van der Waals surface area (Å²) >= 11 is 1.30. The smallest absolute Gasteiger partial charge is 0.263 e. The molecule has 7 nitrogen and oxygen atoms in total. The molecule has 0 unspecified atom stereocenters. The summed E-state index contributed by atoms with van der Waals surface area (Å²) < 4.78 is 16.1. The average Bonchev–Trinajstić information content (AvgIpc) is 3.54. The largest absolute Gasteiger partial charge is 0.294 e. The predicted octanol–water partition coefficient (Wildman–Crippen LogP) is 6.65. The number of amides is 1. The van der Waals surface area contributed by atoms with Crippen molar-refractivity contribution in [2.75, 3.05) is 11.4 Å². The van der Waals surface area contributed by atoms with Crippen molar-refractivity contribution in [1.29, 1.82) is 0 Å². The van der Waals surface area contributed by atoms with Gasteiger partial charge in [0, 0.05) is 24.7 Å². The van der Waals surface area contributed by atoms with Crippen LogP contribution in [0.5, 0.6) is 0 Å². The highest BCUT2D eigenvalue weighted by molar-refractivity contribution is 7.18. The number of hydrogen-bond acceptors (Lipinski definition) is 6. The van der Waals surface area contributed by atoms with Crippen molar-refractivity contribution < 1.29 is 14.0 Å². The lowest BCUT2D eigenvalue weighted by atomic mass is 9.88. The van der Waals surface area contributed by atoms with E-state index in [1.165, 1.54) is 28.4 Å². The molecule has 4 aromatic rings. The van der Waals surface area contributed by atoms with Crippen molar-refractivity contribution in [1.82, 2.24) is 20.0 Å². The second kappa shape index (κ2) is 11.8. The van der Waals surface area contributed by atoms with Crippen molar-refractivity contribution in [3.63, 3.8) is 0 Å². The number of Topliss-reactive ketones (excluding diaryl/α,β-unsaturated/α-hetero) is 1. The van der Waals surface area contributed by atoms with Gasteiger partial charge in [-0.25, -0.2) is 4.39 Å². The molecule has 0 aliphatic carbocycles. The SMILES string of the molecule is CCCCN(C(=O)c1ccccc1F)c1nnc(-c2ccc(Cn3cc(C(=O)CC(C)(C)C)cn3)cc2)s1. The number of benzene rings is 2. The van der Waals surface area contributed by atoms with Crippen LogP contribution in [0.2, 0.25) is 0 Å². The van der Waals surface area contributed by atoms with E-state index in [0.717, 1.165) is 24.0 Å². The molecule has 0 saturated carbocycles. The quantitative estimate of drug-likeness (QED) is 0.213. The number of ketones is 1. The molecule has 2 aromatic heterocycles. The molecular formula is C29H32FN5O2S. The van der Waals surface area contributed by atoms with Crippen LogP contribution >= 0.6 is 11.3 Å². The maximum atomic E-state index is 14.3. The van der Waals surface area contributed by atoms with Crippen LogP contribution in [0.4, 0.5) is 9.52 Å². The third kappa shape index (κ3) is 6.77. The van der Waals surface area contributed by atoms with E-state index in [9.17, 15) is 14.0 Å². The molecule has 0 spiro atoms. The minimum Gasteiger partial charge on any atom is -0.294 e. The van der Waals surface area contributed by atoms with Crippen LogP contribution in [0.3, 0.4) is 0 Å². The zero-order chi connectivity index (χ0) is 27.3. The van der Waals surface area contributed by atoms with Gasteiger partial charge in [-0.05, 0) is 29.5 Å². The lowest BCUT2D eigenvalue weighted by Crippen LogP contribution is -2.32. The Labute approximate surface area is 226 Å². The third-order valence-corrected chi connectivity index (χ3v) is 6.92. The fourth-order valence-corrected chi connectivity index (χ4v) is 4.81. The molecule has 0 N–H and O–H groups in total. The Kier molecular flexibility index (Phi) is 8.46. The number of unbranched alkanes of at least 4 members (excludes halogenated alkanes) is 1. The Hall–Kier alpha value is -3.72. The van der Waals surface area contributed by atoms with Gasteiger partial charge in [0.25, 0.3) is 5.91 Å². The Morgan fingerprint density at radius 3 is 2.47 bits per heavy atom. The molecule has 198 valence electrons. The second-order valence-electron chi connectivity index (χ2n) is 10.5. The van der Waals surface area contributed by atoms with E-state index in [4.69, 9.17) is 0 Å². The van der Waals surface area contributed by atoms with E-state index in [0.29, 0.717) is 35.2 Å². The molecule has 0 fully saturated rings. The predicted molar refractivity (Wildman–Crippen MR) is 148 cm³/mol.